The fraction of sp³-hybridized carbons (Fsp3) is 0.125. The first-order valence-corrected chi connectivity index (χ1v) is 10.7. The van der Waals surface area contributed by atoms with Crippen LogP contribution in [0.2, 0.25) is 0 Å². The molecule has 0 radical (unpaired) electrons. The summed E-state index contributed by atoms with van der Waals surface area (Å²) in [4.78, 5) is 25.1. The highest BCUT2D eigenvalue weighted by Gasteiger charge is 2.18. The van der Waals surface area contributed by atoms with Gasteiger partial charge in [0.1, 0.15) is 0 Å². The zero-order valence-corrected chi connectivity index (χ0v) is 17.5. The molecule has 0 aliphatic heterocycles. The number of aryl methyl sites for hydroxylation is 1. The summed E-state index contributed by atoms with van der Waals surface area (Å²) in [5.41, 5.74) is 4.23. The molecule has 0 amide bonds. The van der Waals surface area contributed by atoms with E-state index >= 15 is 0 Å². The Labute approximate surface area is 178 Å². The van der Waals surface area contributed by atoms with Gasteiger partial charge in [-0.1, -0.05) is 48.0 Å². The Morgan fingerprint density at radius 1 is 0.967 bits per heavy atom. The summed E-state index contributed by atoms with van der Waals surface area (Å²) >= 11 is 1.51. The zero-order valence-electron chi connectivity index (χ0n) is 16.7. The van der Waals surface area contributed by atoms with E-state index in [0.717, 1.165) is 21.4 Å². The highest BCUT2D eigenvalue weighted by atomic mass is 32.2. The highest BCUT2D eigenvalue weighted by Crippen LogP contribution is 2.34. The van der Waals surface area contributed by atoms with Crippen LogP contribution in [0.15, 0.2) is 82.5 Å². The third-order valence-electron chi connectivity index (χ3n) is 5.16. The maximum Gasteiger partial charge on any atom is 0.269 e. The van der Waals surface area contributed by atoms with Crippen molar-refractivity contribution in [3.63, 3.8) is 0 Å². The van der Waals surface area contributed by atoms with Crippen molar-refractivity contribution >= 4 is 28.4 Å². The van der Waals surface area contributed by atoms with Gasteiger partial charge in [-0.15, -0.1) is 11.8 Å². The molecule has 0 saturated heterocycles. The second kappa shape index (κ2) is 8.16. The van der Waals surface area contributed by atoms with Crippen LogP contribution < -0.4 is 5.56 Å². The number of rotatable bonds is 5. The van der Waals surface area contributed by atoms with Crippen molar-refractivity contribution < 1.29 is 4.92 Å². The van der Waals surface area contributed by atoms with Gasteiger partial charge in [-0.3, -0.25) is 14.9 Å². The van der Waals surface area contributed by atoms with E-state index in [1.54, 1.807) is 16.7 Å². The maximum absolute atomic E-state index is 13.7. The number of aromatic nitrogens is 1. The normalized spacial score (nSPS) is 11.0. The van der Waals surface area contributed by atoms with Crippen LogP contribution in [0.1, 0.15) is 11.1 Å². The molecule has 0 atom stereocenters. The smallest absolute Gasteiger partial charge is 0.269 e. The molecule has 0 bridgehead atoms. The molecule has 1 aromatic heterocycles. The van der Waals surface area contributed by atoms with Crippen LogP contribution >= 0.6 is 11.8 Å². The summed E-state index contributed by atoms with van der Waals surface area (Å²) in [7, 11) is 0. The first kappa shape index (κ1) is 19.9. The number of nitro benzene ring substituents is 1. The second-order valence-corrected chi connectivity index (χ2v) is 7.92. The number of thioether (sulfide) groups is 1. The van der Waals surface area contributed by atoms with E-state index in [4.69, 9.17) is 0 Å². The third kappa shape index (κ3) is 3.62. The molecule has 0 unspecified atom stereocenters. The van der Waals surface area contributed by atoms with Crippen LogP contribution in [0.25, 0.3) is 22.0 Å². The van der Waals surface area contributed by atoms with Crippen molar-refractivity contribution in [2.75, 3.05) is 6.26 Å². The molecule has 0 aliphatic rings. The molecular formula is C24H20N2O3S. The lowest BCUT2D eigenvalue weighted by Crippen LogP contribution is -2.24. The third-order valence-corrected chi connectivity index (χ3v) is 5.99. The molecule has 4 rings (SSSR count). The minimum Gasteiger partial charge on any atom is -0.303 e. The monoisotopic (exact) mass is 416 g/mol. The Hall–Kier alpha value is -3.38. The fourth-order valence-corrected chi connectivity index (χ4v) is 4.43. The summed E-state index contributed by atoms with van der Waals surface area (Å²) < 4.78 is 1.79. The lowest BCUT2D eigenvalue weighted by atomic mass is 10.0. The van der Waals surface area contributed by atoms with Gasteiger partial charge in [-0.25, -0.2) is 0 Å². The van der Waals surface area contributed by atoms with Crippen LogP contribution in [0.5, 0.6) is 0 Å². The van der Waals surface area contributed by atoms with E-state index in [1.807, 2.05) is 61.7 Å². The van der Waals surface area contributed by atoms with Crippen LogP contribution in [0, 0.1) is 17.0 Å². The number of hydrogen-bond donors (Lipinski definition) is 0. The van der Waals surface area contributed by atoms with E-state index in [2.05, 4.69) is 0 Å². The largest absolute Gasteiger partial charge is 0.303 e. The second-order valence-electron chi connectivity index (χ2n) is 7.11. The van der Waals surface area contributed by atoms with E-state index in [0.29, 0.717) is 17.7 Å². The molecule has 0 saturated carbocycles. The number of para-hydroxylation sites is 1. The standard InChI is InChI=1S/C24H20N2O3S/c1-16-7-9-17(10-8-16)15-25-21-6-4-3-5-20(21)23(30-2)22(24(25)27)18-11-13-19(14-12-18)26(28)29/h3-14H,15H2,1-2H3. The van der Waals surface area contributed by atoms with Gasteiger partial charge >= 0.3 is 0 Å². The molecule has 4 aromatic rings. The number of nitro groups is 1. The number of pyridine rings is 1. The Morgan fingerprint density at radius 3 is 2.27 bits per heavy atom. The van der Waals surface area contributed by atoms with Gasteiger partial charge in [0.2, 0.25) is 0 Å². The molecule has 0 N–H and O–H groups in total. The number of benzene rings is 3. The van der Waals surface area contributed by atoms with E-state index in [1.165, 1.54) is 29.5 Å². The lowest BCUT2D eigenvalue weighted by Gasteiger charge is -2.17. The molecule has 0 spiro atoms. The predicted molar refractivity (Wildman–Crippen MR) is 122 cm³/mol. The molecule has 30 heavy (non-hydrogen) atoms. The lowest BCUT2D eigenvalue weighted by molar-refractivity contribution is -0.384. The Kier molecular flexibility index (Phi) is 5.42. The van der Waals surface area contributed by atoms with Crippen LogP contribution in [-0.4, -0.2) is 15.7 Å². The number of nitrogens with zero attached hydrogens (tertiary/aromatic N) is 2. The summed E-state index contributed by atoms with van der Waals surface area (Å²) in [6, 6.07) is 22.2. The molecule has 6 heteroatoms. The van der Waals surface area contributed by atoms with Crippen molar-refractivity contribution in [2.24, 2.45) is 0 Å². The number of hydrogen-bond acceptors (Lipinski definition) is 4. The number of fused-ring (bicyclic) bond motifs is 1. The maximum atomic E-state index is 13.7. The summed E-state index contributed by atoms with van der Waals surface area (Å²) in [6.07, 6.45) is 1.94. The molecule has 0 fully saturated rings. The quantitative estimate of drug-likeness (QED) is 0.239. The van der Waals surface area contributed by atoms with Crippen LogP contribution in [0.4, 0.5) is 5.69 Å². The van der Waals surface area contributed by atoms with E-state index < -0.39 is 4.92 Å². The number of non-ortho nitro benzene ring substituents is 1. The average Bonchev–Trinajstić information content (AvgIpc) is 2.76. The molecule has 0 aliphatic carbocycles. The minimum absolute atomic E-state index is 0.00483. The van der Waals surface area contributed by atoms with Gasteiger partial charge in [-0.05, 0) is 42.5 Å². The summed E-state index contributed by atoms with van der Waals surface area (Å²) in [5.74, 6) is 0. The first-order chi connectivity index (χ1) is 14.5. The van der Waals surface area contributed by atoms with Gasteiger partial charge in [0.15, 0.2) is 0 Å². The summed E-state index contributed by atoms with van der Waals surface area (Å²) in [6.45, 7) is 2.49. The minimum atomic E-state index is -0.435. The highest BCUT2D eigenvalue weighted by molar-refractivity contribution is 7.99. The van der Waals surface area contributed by atoms with E-state index in [-0.39, 0.29) is 11.2 Å². The molecule has 5 nitrogen and oxygen atoms in total. The fourth-order valence-electron chi connectivity index (χ4n) is 3.63. The van der Waals surface area contributed by atoms with Crippen molar-refractivity contribution in [3.8, 4) is 11.1 Å². The van der Waals surface area contributed by atoms with Gasteiger partial charge in [-0.2, -0.15) is 0 Å². The Balaban J connectivity index is 1.97. The van der Waals surface area contributed by atoms with Crippen LogP contribution in [0.3, 0.4) is 0 Å². The van der Waals surface area contributed by atoms with E-state index in [9.17, 15) is 14.9 Å². The van der Waals surface area contributed by atoms with Crippen molar-refractivity contribution in [3.05, 3.63) is 104 Å². The van der Waals surface area contributed by atoms with Crippen LogP contribution in [-0.2, 0) is 6.54 Å². The van der Waals surface area contributed by atoms with Gasteiger partial charge < -0.3 is 4.57 Å². The predicted octanol–water partition coefficient (Wildman–Crippen LogP) is 5.66. The first-order valence-electron chi connectivity index (χ1n) is 9.49. The topological polar surface area (TPSA) is 65.1 Å². The van der Waals surface area contributed by atoms with Crippen molar-refractivity contribution in [1.82, 2.24) is 4.57 Å². The Morgan fingerprint density at radius 2 is 1.63 bits per heavy atom. The summed E-state index contributed by atoms with van der Waals surface area (Å²) in [5, 5.41) is 12.0. The van der Waals surface area contributed by atoms with Gasteiger partial charge in [0.25, 0.3) is 11.2 Å². The van der Waals surface area contributed by atoms with Gasteiger partial charge in [0.05, 0.1) is 22.5 Å². The SMILES string of the molecule is CSc1c(-c2ccc([N+](=O)[O-])cc2)c(=O)n(Cc2ccc(C)cc2)c2ccccc12. The molecule has 3 aromatic carbocycles. The molecule has 150 valence electrons. The zero-order chi connectivity index (χ0) is 21.3. The Bertz CT molecular complexity index is 1290. The average molecular weight is 417 g/mol. The van der Waals surface area contributed by atoms with Crippen molar-refractivity contribution in [1.29, 1.82) is 0 Å². The molecular weight excluding hydrogens is 396 g/mol. The molecule has 1 heterocycles. The van der Waals surface area contributed by atoms with Crippen molar-refractivity contribution in [2.45, 2.75) is 18.4 Å². The van der Waals surface area contributed by atoms with Gasteiger partial charge in [0, 0.05) is 22.4 Å².